The van der Waals surface area contributed by atoms with E-state index in [1.807, 2.05) is 36.4 Å². The maximum atomic E-state index is 11.7. The lowest BCUT2D eigenvalue weighted by Gasteiger charge is -2.21. The lowest BCUT2D eigenvalue weighted by atomic mass is 9.84. The molecule has 1 atom stereocenters. The van der Waals surface area contributed by atoms with Crippen molar-refractivity contribution in [3.63, 3.8) is 0 Å². The molecule has 0 aromatic heterocycles. The van der Waals surface area contributed by atoms with Crippen LogP contribution in [0.25, 0.3) is 6.08 Å². The van der Waals surface area contributed by atoms with Crippen molar-refractivity contribution in [2.24, 2.45) is 5.92 Å². The van der Waals surface area contributed by atoms with Gasteiger partial charge in [0.25, 0.3) is 0 Å². The molecule has 2 nitrogen and oxygen atoms in total. The summed E-state index contributed by atoms with van der Waals surface area (Å²) in [5.41, 5.74) is 1.92. The van der Waals surface area contributed by atoms with Crippen molar-refractivity contribution in [1.29, 1.82) is 0 Å². The number of carbonyl (C=O) groups is 1. The molecule has 0 aliphatic heterocycles. The molecule has 1 aromatic carbocycles. The average Bonchev–Trinajstić information content (AvgIpc) is 2.33. The molecule has 0 saturated heterocycles. The monoisotopic (exact) mass is 216 g/mol. The van der Waals surface area contributed by atoms with Crippen LogP contribution in [0.5, 0.6) is 0 Å². The molecule has 0 bridgehead atoms. The van der Waals surface area contributed by atoms with E-state index in [9.17, 15) is 4.79 Å². The van der Waals surface area contributed by atoms with Crippen molar-refractivity contribution < 1.29 is 9.90 Å². The Morgan fingerprint density at radius 2 is 2.06 bits per heavy atom. The van der Waals surface area contributed by atoms with E-state index in [1.54, 1.807) is 0 Å². The van der Waals surface area contributed by atoms with Crippen molar-refractivity contribution in [3.05, 3.63) is 41.5 Å². The molecule has 1 saturated carbocycles. The van der Waals surface area contributed by atoms with Gasteiger partial charge in [-0.3, -0.25) is 4.79 Å². The number of Topliss-reactive ketones (excluding diaryl/α,β-unsaturated/α-hetero) is 1. The van der Waals surface area contributed by atoms with Gasteiger partial charge < -0.3 is 5.11 Å². The molecule has 1 fully saturated rings. The van der Waals surface area contributed by atoms with Crippen LogP contribution in [-0.2, 0) is 4.79 Å². The van der Waals surface area contributed by atoms with Crippen molar-refractivity contribution in [1.82, 2.24) is 0 Å². The zero-order valence-corrected chi connectivity index (χ0v) is 9.23. The molecule has 0 radical (unpaired) electrons. The minimum Gasteiger partial charge on any atom is -0.396 e. The highest BCUT2D eigenvalue weighted by Crippen LogP contribution is 2.27. The summed E-state index contributed by atoms with van der Waals surface area (Å²) >= 11 is 0. The minimum absolute atomic E-state index is 0.180. The SMILES string of the molecule is O=C1CCC(CO)CC1=Cc1ccccc1. The van der Waals surface area contributed by atoms with E-state index in [-0.39, 0.29) is 18.3 Å². The summed E-state index contributed by atoms with van der Waals surface area (Å²) in [6, 6.07) is 9.86. The molecule has 1 aliphatic rings. The summed E-state index contributed by atoms with van der Waals surface area (Å²) in [5.74, 6) is 0.487. The van der Waals surface area contributed by atoms with Crippen molar-refractivity contribution in [2.45, 2.75) is 19.3 Å². The van der Waals surface area contributed by atoms with E-state index in [0.717, 1.165) is 17.6 Å². The smallest absolute Gasteiger partial charge is 0.158 e. The van der Waals surface area contributed by atoms with E-state index in [2.05, 4.69) is 0 Å². The molecular formula is C14H16O2. The molecule has 1 aliphatic carbocycles. The highest BCUT2D eigenvalue weighted by molar-refractivity contribution is 6.00. The van der Waals surface area contributed by atoms with Gasteiger partial charge >= 0.3 is 0 Å². The summed E-state index contributed by atoms with van der Waals surface area (Å²) < 4.78 is 0. The zero-order valence-electron chi connectivity index (χ0n) is 9.23. The number of benzene rings is 1. The summed E-state index contributed by atoms with van der Waals surface area (Å²) in [4.78, 5) is 11.7. The number of rotatable bonds is 2. The van der Waals surface area contributed by atoms with Crippen molar-refractivity contribution in [3.8, 4) is 0 Å². The van der Waals surface area contributed by atoms with Crippen LogP contribution in [0.15, 0.2) is 35.9 Å². The second kappa shape index (κ2) is 5.08. The molecule has 16 heavy (non-hydrogen) atoms. The zero-order chi connectivity index (χ0) is 11.4. The van der Waals surface area contributed by atoms with Crippen molar-refractivity contribution >= 4 is 11.9 Å². The number of aliphatic hydroxyl groups excluding tert-OH is 1. The molecule has 84 valence electrons. The number of ketones is 1. The van der Waals surface area contributed by atoms with Crippen molar-refractivity contribution in [2.75, 3.05) is 6.61 Å². The number of hydrogen-bond acceptors (Lipinski definition) is 2. The number of aliphatic hydroxyl groups is 1. The maximum Gasteiger partial charge on any atom is 0.158 e. The predicted molar refractivity (Wildman–Crippen MR) is 63.9 cm³/mol. The second-order valence-corrected chi connectivity index (χ2v) is 4.29. The molecular weight excluding hydrogens is 200 g/mol. The first-order chi connectivity index (χ1) is 7.79. The molecule has 1 N–H and O–H groups in total. The maximum absolute atomic E-state index is 11.7. The van der Waals surface area contributed by atoms with E-state index in [4.69, 9.17) is 5.11 Å². The normalized spacial score (nSPS) is 23.7. The Balaban J connectivity index is 2.18. The van der Waals surface area contributed by atoms with Gasteiger partial charge in [-0.05, 0) is 36.0 Å². The Kier molecular flexibility index (Phi) is 3.52. The van der Waals surface area contributed by atoms with Gasteiger partial charge in [0.2, 0.25) is 0 Å². The number of hydrogen-bond donors (Lipinski definition) is 1. The molecule has 2 rings (SSSR count). The minimum atomic E-state index is 0.180. The fraction of sp³-hybridized carbons (Fsp3) is 0.357. The molecule has 0 spiro atoms. The topological polar surface area (TPSA) is 37.3 Å². The fourth-order valence-electron chi connectivity index (χ4n) is 2.07. The second-order valence-electron chi connectivity index (χ2n) is 4.29. The Hall–Kier alpha value is -1.41. The lowest BCUT2D eigenvalue weighted by molar-refractivity contribution is -0.117. The van der Waals surface area contributed by atoms with Crippen LogP contribution in [0.2, 0.25) is 0 Å². The first-order valence-corrected chi connectivity index (χ1v) is 5.69. The summed E-state index contributed by atoms with van der Waals surface area (Å²) in [7, 11) is 0. The van der Waals surface area contributed by atoms with Crippen LogP contribution in [0.1, 0.15) is 24.8 Å². The number of allylic oxidation sites excluding steroid dienone is 1. The standard InChI is InChI=1S/C14H16O2/c15-10-12-6-7-14(16)13(9-12)8-11-4-2-1-3-5-11/h1-5,8,12,15H,6-7,9-10H2. The van der Waals surface area contributed by atoms with E-state index >= 15 is 0 Å². The van der Waals surface area contributed by atoms with Crippen LogP contribution >= 0.6 is 0 Å². The Bertz CT molecular complexity index is 392. The quantitative estimate of drug-likeness (QED) is 0.771. The Labute approximate surface area is 95.6 Å². The highest BCUT2D eigenvalue weighted by Gasteiger charge is 2.22. The van der Waals surface area contributed by atoms with Gasteiger partial charge in [0.05, 0.1) is 0 Å². The molecule has 1 unspecified atom stereocenters. The van der Waals surface area contributed by atoms with E-state index in [0.29, 0.717) is 12.8 Å². The van der Waals surface area contributed by atoms with Gasteiger partial charge in [-0.1, -0.05) is 30.3 Å². The van der Waals surface area contributed by atoms with Crippen LogP contribution in [0, 0.1) is 5.92 Å². The molecule has 0 amide bonds. The summed E-state index contributed by atoms with van der Waals surface area (Å²) in [6.07, 6.45) is 4.06. The highest BCUT2D eigenvalue weighted by atomic mass is 16.3. The van der Waals surface area contributed by atoms with E-state index < -0.39 is 0 Å². The third kappa shape index (κ3) is 2.58. The molecule has 0 heterocycles. The van der Waals surface area contributed by atoms with Gasteiger partial charge in [0.1, 0.15) is 0 Å². The Morgan fingerprint density at radius 3 is 2.75 bits per heavy atom. The van der Waals surface area contributed by atoms with Crippen LogP contribution in [0.3, 0.4) is 0 Å². The Morgan fingerprint density at radius 1 is 1.31 bits per heavy atom. The van der Waals surface area contributed by atoms with Crippen LogP contribution < -0.4 is 0 Å². The predicted octanol–water partition coefficient (Wildman–Crippen LogP) is 2.43. The van der Waals surface area contributed by atoms with Gasteiger partial charge in [-0.25, -0.2) is 0 Å². The van der Waals surface area contributed by atoms with Crippen LogP contribution in [-0.4, -0.2) is 17.5 Å². The van der Waals surface area contributed by atoms with Gasteiger partial charge in [-0.15, -0.1) is 0 Å². The summed E-state index contributed by atoms with van der Waals surface area (Å²) in [5, 5.41) is 9.12. The van der Waals surface area contributed by atoms with Gasteiger partial charge in [0.15, 0.2) is 5.78 Å². The third-order valence-electron chi connectivity index (χ3n) is 3.05. The fourth-order valence-corrected chi connectivity index (χ4v) is 2.07. The molecule has 2 heteroatoms. The lowest BCUT2D eigenvalue weighted by Crippen LogP contribution is -2.19. The average molecular weight is 216 g/mol. The van der Waals surface area contributed by atoms with E-state index in [1.165, 1.54) is 0 Å². The number of carbonyl (C=O) groups excluding carboxylic acids is 1. The first kappa shape index (κ1) is 11.1. The van der Waals surface area contributed by atoms with Crippen LogP contribution in [0.4, 0.5) is 0 Å². The third-order valence-corrected chi connectivity index (χ3v) is 3.05. The largest absolute Gasteiger partial charge is 0.396 e. The summed E-state index contributed by atoms with van der Waals surface area (Å²) in [6.45, 7) is 0.180. The van der Waals surface area contributed by atoms with Gasteiger partial charge in [-0.2, -0.15) is 0 Å². The first-order valence-electron chi connectivity index (χ1n) is 5.69. The van der Waals surface area contributed by atoms with Gasteiger partial charge in [0, 0.05) is 13.0 Å². The molecule has 1 aromatic rings.